The Bertz CT molecular complexity index is 1440. The molecule has 1 aliphatic heterocycles. The number of ether oxygens (including phenoxy) is 4. The number of hydrogen-bond donors (Lipinski definition) is 1. The zero-order chi connectivity index (χ0) is 37.9. The van der Waals surface area contributed by atoms with Crippen molar-refractivity contribution in [3.63, 3.8) is 0 Å². The fourth-order valence-corrected chi connectivity index (χ4v) is 5.96. The number of aryl methyl sites for hydroxylation is 1. The highest BCUT2D eigenvalue weighted by Crippen LogP contribution is 2.29. The number of nitrogens with one attached hydrogen (secondary N) is 1. The van der Waals surface area contributed by atoms with E-state index in [0.29, 0.717) is 19.1 Å². The number of nitrogens with zero attached hydrogens (tertiary/aromatic N) is 1. The van der Waals surface area contributed by atoms with Crippen LogP contribution in [-0.4, -0.2) is 86.0 Å². The highest BCUT2D eigenvalue weighted by Gasteiger charge is 2.39. The van der Waals surface area contributed by atoms with E-state index in [4.69, 9.17) is 18.9 Å². The summed E-state index contributed by atoms with van der Waals surface area (Å²) in [7, 11) is 2.98. The van der Waals surface area contributed by atoms with Crippen LogP contribution < -0.4 is 5.32 Å². The molecule has 282 valence electrons. The average molecular weight is 713 g/mol. The Hall–Kier alpha value is -3.83. The molecular formula is C40H57FN2O8. The fraction of sp³-hybridized carbons (Fsp3) is 0.600. The van der Waals surface area contributed by atoms with Gasteiger partial charge in [0.25, 0.3) is 5.91 Å². The molecular weight excluding hydrogens is 655 g/mol. The van der Waals surface area contributed by atoms with Gasteiger partial charge >= 0.3 is 17.9 Å². The van der Waals surface area contributed by atoms with E-state index in [2.05, 4.69) is 5.32 Å². The third-order valence-electron chi connectivity index (χ3n) is 8.97. The number of likely N-dealkylation sites (N-methyl/N-ethyl adjacent to an activating group) is 2. The molecule has 1 N–H and O–H groups in total. The molecule has 10 nitrogen and oxygen atoms in total. The van der Waals surface area contributed by atoms with E-state index in [1.54, 1.807) is 0 Å². The number of carbonyl (C=O) groups excluding carboxylic acids is 4. The number of rotatable bonds is 16. The van der Waals surface area contributed by atoms with Crippen LogP contribution in [0.5, 0.6) is 0 Å². The molecule has 3 rings (SSSR count). The van der Waals surface area contributed by atoms with Gasteiger partial charge in [-0.25, -0.2) is 14.0 Å². The lowest BCUT2D eigenvalue weighted by atomic mass is 9.87. The van der Waals surface area contributed by atoms with E-state index < -0.39 is 59.2 Å². The monoisotopic (exact) mass is 712 g/mol. The highest BCUT2D eigenvalue weighted by molar-refractivity contribution is 5.90. The number of hydrogen-bond acceptors (Lipinski definition) is 9. The van der Waals surface area contributed by atoms with E-state index in [-0.39, 0.29) is 25.9 Å². The van der Waals surface area contributed by atoms with Crippen LogP contribution in [0.25, 0.3) is 0 Å². The quantitative estimate of drug-likeness (QED) is 0.165. The van der Waals surface area contributed by atoms with Gasteiger partial charge < -0.3 is 29.2 Å². The second kappa shape index (κ2) is 18.6. The smallest absolute Gasteiger partial charge is 0.347 e. The third-order valence-corrected chi connectivity index (χ3v) is 8.97. The summed E-state index contributed by atoms with van der Waals surface area (Å²) in [5, 5.41) is 2.80. The van der Waals surface area contributed by atoms with Crippen LogP contribution in [-0.2, 0) is 51.2 Å². The molecule has 1 amide bonds. The number of alkyl halides is 1. The Morgan fingerprint density at radius 2 is 1.47 bits per heavy atom. The minimum atomic E-state index is -1.68. The molecule has 0 bridgehead atoms. The van der Waals surface area contributed by atoms with Crippen molar-refractivity contribution in [3.8, 4) is 0 Å². The summed E-state index contributed by atoms with van der Waals surface area (Å²) in [6.07, 6.45) is -0.678. The largest absolute Gasteiger partial charge is 0.458 e. The van der Waals surface area contributed by atoms with Gasteiger partial charge in [-0.2, -0.15) is 0 Å². The van der Waals surface area contributed by atoms with E-state index in [9.17, 15) is 23.6 Å². The lowest BCUT2D eigenvalue weighted by Crippen LogP contribution is -2.52. The van der Waals surface area contributed by atoms with E-state index in [1.165, 1.54) is 45.3 Å². The van der Waals surface area contributed by atoms with Crippen molar-refractivity contribution in [2.75, 3.05) is 27.3 Å². The van der Waals surface area contributed by atoms with Crippen LogP contribution in [0.4, 0.5) is 4.39 Å². The molecule has 0 spiro atoms. The number of esters is 3. The van der Waals surface area contributed by atoms with Gasteiger partial charge in [0.05, 0.1) is 0 Å². The maximum Gasteiger partial charge on any atom is 0.347 e. The standard InChI is InChI=1S/C40H57FN2O8/c1-26-10-12-29(13-11-26)25-49-36(45)27(2)50-38(47)33(24-39(3,4)5)43(9)35(44)34(51-37(46)32(42-8)23-40(6,7)41)22-28-14-16-30(17-15-28)31-18-20-48-21-19-31/h10-17,27,31-34,42H,18-25H2,1-9H3/t27-,32+,33+,34-/m1/s1. The second-order valence-electron chi connectivity index (χ2n) is 15.4. The first-order valence-electron chi connectivity index (χ1n) is 17.8. The first-order chi connectivity index (χ1) is 23.9. The van der Waals surface area contributed by atoms with Gasteiger partial charge in [-0.1, -0.05) is 74.9 Å². The van der Waals surface area contributed by atoms with Crippen LogP contribution in [0.2, 0.25) is 0 Å². The van der Waals surface area contributed by atoms with Gasteiger partial charge in [-0.15, -0.1) is 0 Å². The molecule has 4 atom stereocenters. The summed E-state index contributed by atoms with van der Waals surface area (Å²) in [6, 6.07) is 13.2. The first kappa shape index (κ1) is 41.6. The predicted molar refractivity (Wildman–Crippen MR) is 193 cm³/mol. The van der Waals surface area contributed by atoms with Gasteiger partial charge in [-0.3, -0.25) is 9.59 Å². The van der Waals surface area contributed by atoms with Crippen LogP contribution in [0.1, 0.15) is 95.4 Å². The van der Waals surface area contributed by atoms with E-state index in [0.717, 1.165) is 29.5 Å². The van der Waals surface area contributed by atoms with Crippen LogP contribution in [0.3, 0.4) is 0 Å². The van der Waals surface area contributed by atoms with E-state index >= 15 is 0 Å². The third kappa shape index (κ3) is 13.7. The molecule has 0 aliphatic carbocycles. The maximum atomic E-state index is 14.6. The van der Waals surface area contributed by atoms with Gasteiger partial charge in [0.15, 0.2) is 12.2 Å². The first-order valence-corrected chi connectivity index (χ1v) is 17.8. The number of halogens is 1. The Balaban J connectivity index is 1.82. The highest BCUT2D eigenvalue weighted by atomic mass is 19.1. The molecule has 1 aliphatic rings. The van der Waals surface area contributed by atoms with Crippen LogP contribution >= 0.6 is 0 Å². The molecule has 0 unspecified atom stereocenters. The summed E-state index contributed by atoms with van der Waals surface area (Å²) in [5.74, 6) is -2.56. The summed E-state index contributed by atoms with van der Waals surface area (Å²) in [6.45, 7) is 13.3. The molecule has 0 aromatic heterocycles. The topological polar surface area (TPSA) is 120 Å². The normalized spacial score (nSPS) is 16.4. The van der Waals surface area contributed by atoms with Crippen molar-refractivity contribution in [1.29, 1.82) is 0 Å². The van der Waals surface area contributed by atoms with Crippen molar-refractivity contribution in [2.24, 2.45) is 5.41 Å². The predicted octanol–water partition coefficient (Wildman–Crippen LogP) is 6.01. The Morgan fingerprint density at radius 3 is 2.02 bits per heavy atom. The summed E-state index contributed by atoms with van der Waals surface area (Å²) in [5.41, 5.74) is 1.65. The Morgan fingerprint density at radius 1 is 0.882 bits per heavy atom. The van der Waals surface area contributed by atoms with Crippen molar-refractivity contribution < 1.29 is 42.5 Å². The number of amides is 1. The molecule has 11 heteroatoms. The molecule has 1 fully saturated rings. The van der Waals surface area contributed by atoms with Gasteiger partial charge in [0.2, 0.25) is 0 Å². The maximum absolute atomic E-state index is 14.6. The Kier molecular flexibility index (Phi) is 15.2. The Labute approximate surface area is 302 Å². The van der Waals surface area contributed by atoms with Crippen molar-refractivity contribution in [1.82, 2.24) is 10.2 Å². The molecule has 0 radical (unpaired) electrons. The van der Waals surface area contributed by atoms with Gasteiger partial charge in [0, 0.05) is 33.1 Å². The van der Waals surface area contributed by atoms with Crippen LogP contribution in [0.15, 0.2) is 48.5 Å². The SMILES string of the molecule is CN[C@@H](CC(C)(C)F)C(=O)O[C@H](Cc1ccc(C2CCOCC2)cc1)C(=O)N(C)[C@@H](CC(C)(C)C)C(=O)O[C@H](C)C(=O)OCc1ccc(C)cc1. The van der Waals surface area contributed by atoms with Gasteiger partial charge in [-0.05, 0) is 82.0 Å². The van der Waals surface area contributed by atoms with Crippen molar-refractivity contribution >= 4 is 23.8 Å². The lowest BCUT2D eigenvalue weighted by Gasteiger charge is -2.34. The lowest BCUT2D eigenvalue weighted by molar-refractivity contribution is -0.174. The molecule has 1 heterocycles. The van der Waals surface area contributed by atoms with Crippen LogP contribution in [0, 0.1) is 12.3 Å². The molecule has 1 saturated heterocycles. The number of carbonyl (C=O) groups is 4. The zero-order valence-corrected chi connectivity index (χ0v) is 31.8. The summed E-state index contributed by atoms with van der Waals surface area (Å²) >= 11 is 0. The number of benzene rings is 2. The van der Waals surface area contributed by atoms with Gasteiger partial charge in [0.1, 0.15) is 24.4 Å². The molecule has 51 heavy (non-hydrogen) atoms. The summed E-state index contributed by atoms with van der Waals surface area (Å²) in [4.78, 5) is 55.4. The van der Waals surface area contributed by atoms with Crippen molar-refractivity contribution in [2.45, 2.75) is 123 Å². The zero-order valence-electron chi connectivity index (χ0n) is 31.8. The minimum absolute atomic E-state index is 0.0150. The summed E-state index contributed by atoms with van der Waals surface area (Å²) < 4.78 is 36.9. The average Bonchev–Trinajstić information content (AvgIpc) is 3.08. The molecule has 2 aromatic carbocycles. The second-order valence-corrected chi connectivity index (χ2v) is 15.4. The van der Waals surface area contributed by atoms with Crippen molar-refractivity contribution in [3.05, 3.63) is 70.8 Å². The van der Waals surface area contributed by atoms with E-state index in [1.807, 2.05) is 76.2 Å². The molecule has 0 saturated carbocycles. The fourth-order valence-electron chi connectivity index (χ4n) is 5.96. The molecule has 2 aromatic rings. The minimum Gasteiger partial charge on any atom is -0.458 e.